The van der Waals surface area contributed by atoms with Gasteiger partial charge in [0.15, 0.2) is 0 Å². The molecule has 0 amide bonds. The molecule has 1 aliphatic heterocycles. The Balaban J connectivity index is 2.10. The average molecular weight is 416 g/mol. The van der Waals surface area contributed by atoms with Gasteiger partial charge in [-0.15, -0.1) is 0 Å². The van der Waals surface area contributed by atoms with Crippen LogP contribution >= 0.6 is 39.1 Å². The smallest absolute Gasteiger partial charge is 0.148 e. The van der Waals surface area contributed by atoms with E-state index in [-0.39, 0.29) is 11.1 Å². The molecule has 0 saturated carbocycles. The summed E-state index contributed by atoms with van der Waals surface area (Å²) in [7, 11) is 0. The maximum Gasteiger partial charge on any atom is 0.148 e. The topological polar surface area (TPSA) is 29.3 Å². The van der Waals surface area contributed by atoms with Crippen LogP contribution in [0, 0.1) is 5.82 Å². The lowest BCUT2D eigenvalue weighted by Crippen LogP contribution is -2.36. The first-order valence-corrected chi connectivity index (χ1v) is 8.60. The van der Waals surface area contributed by atoms with Crippen molar-refractivity contribution >= 4 is 50.5 Å². The molecule has 0 bridgehead atoms. The fraction of sp³-hybridized carbons (Fsp3) is 0.176. The van der Waals surface area contributed by atoms with Gasteiger partial charge in [0, 0.05) is 38.9 Å². The number of rotatable bonds is 2. The second kappa shape index (κ2) is 6.34. The number of nitrogens with two attached hydrogens (primary N) is 1. The molecule has 0 radical (unpaired) electrons. The van der Waals surface area contributed by atoms with Crippen molar-refractivity contribution in [2.24, 2.45) is 5.73 Å². The molecule has 0 fully saturated rings. The quantitative estimate of drug-likeness (QED) is 0.646. The van der Waals surface area contributed by atoms with Crippen LogP contribution in [0.25, 0.3) is 5.70 Å². The monoisotopic (exact) mass is 414 g/mol. The van der Waals surface area contributed by atoms with Crippen molar-refractivity contribution in [1.82, 2.24) is 0 Å². The minimum Gasteiger partial charge on any atom is -0.398 e. The number of benzene rings is 2. The third-order valence-corrected chi connectivity index (χ3v) is 5.25. The SMILES string of the molecule is CC1C=C(N)c2cccc(Br)c2N1Cc1c(Cl)ccc(Cl)c1F. The molecule has 1 atom stereocenters. The van der Waals surface area contributed by atoms with E-state index in [9.17, 15) is 4.39 Å². The van der Waals surface area contributed by atoms with Gasteiger partial charge in [-0.1, -0.05) is 35.3 Å². The Morgan fingerprint density at radius 3 is 2.65 bits per heavy atom. The van der Waals surface area contributed by atoms with Crippen molar-refractivity contribution in [2.45, 2.75) is 19.5 Å². The summed E-state index contributed by atoms with van der Waals surface area (Å²) in [6, 6.07) is 8.88. The Hall–Kier alpha value is -1.23. The largest absolute Gasteiger partial charge is 0.398 e. The minimum absolute atomic E-state index is 0.00403. The van der Waals surface area contributed by atoms with Crippen LogP contribution in [0.2, 0.25) is 10.0 Å². The predicted molar refractivity (Wildman–Crippen MR) is 98.4 cm³/mol. The van der Waals surface area contributed by atoms with Gasteiger partial charge in [-0.05, 0) is 47.1 Å². The van der Waals surface area contributed by atoms with Gasteiger partial charge in [0.2, 0.25) is 0 Å². The zero-order valence-electron chi connectivity index (χ0n) is 12.3. The first-order valence-electron chi connectivity index (χ1n) is 7.05. The van der Waals surface area contributed by atoms with E-state index < -0.39 is 5.82 Å². The summed E-state index contributed by atoms with van der Waals surface area (Å²) < 4.78 is 15.3. The van der Waals surface area contributed by atoms with Gasteiger partial charge in [0.1, 0.15) is 5.82 Å². The van der Waals surface area contributed by atoms with Gasteiger partial charge in [0.25, 0.3) is 0 Å². The van der Waals surface area contributed by atoms with E-state index in [1.165, 1.54) is 6.07 Å². The van der Waals surface area contributed by atoms with Gasteiger partial charge >= 0.3 is 0 Å². The Morgan fingerprint density at radius 2 is 1.91 bits per heavy atom. The van der Waals surface area contributed by atoms with E-state index in [1.54, 1.807) is 6.07 Å². The van der Waals surface area contributed by atoms with Gasteiger partial charge in [-0.3, -0.25) is 0 Å². The molecule has 0 aromatic heterocycles. The number of nitrogens with zero attached hydrogens (tertiary/aromatic N) is 1. The van der Waals surface area contributed by atoms with E-state index in [1.807, 2.05) is 31.2 Å². The second-order valence-corrected chi connectivity index (χ2v) is 7.12. The maximum absolute atomic E-state index is 14.4. The maximum atomic E-state index is 14.4. The fourth-order valence-corrected chi connectivity index (χ4v) is 3.77. The highest BCUT2D eigenvalue weighted by Crippen LogP contribution is 2.40. The van der Waals surface area contributed by atoms with E-state index in [4.69, 9.17) is 28.9 Å². The fourth-order valence-electron chi connectivity index (χ4n) is 2.79. The Bertz CT molecular complexity index is 807. The minimum atomic E-state index is -0.484. The lowest BCUT2D eigenvalue weighted by Gasteiger charge is -2.36. The van der Waals surface area contributed by atoms with E-state index >= 15 is 0 Å². The molecule has 2 N–H and O–H groups in total. The third kappa shape index (κ3) is 2.95. The standard InChI is InChI=1S/C17H14BrCl2FN2/c1-9-7-15(22)10-3-2-4-12(18)17(10)23(9)8-11-13(19)5-6-14(20)16(11)21/h2-7,9H,8,22H2,1H3. The number of halogens is 4. The molecule has 2 aromatic rings. The summed E-state index contributed by atoms with van der Waals surface area (Å²) in [5.41, 5.74) is 9.06. The van der Waals surface area contributed by atoms with Crippen LogP contribution in [0.4, 0.5) is 10.1 Å². The first-order chi connectivity index (χ1) is 10.9. The Labute approximate surface area is 152 Å². The van der Waals surface area contributed by atoms with Crippen molar-refractivity contribution in [2.75, 3.05) is 4.90 Å². The molecule has 0 saturated heterocycles. The molecule has 0 spiro atoms. The summed E-state index contributed by atoms with van der Waals surface area (Å²) in [4.78, 5) is 2.05. The third-order valence-electron chi connectivity index (χ3n) is 3.96. The molecule has 23 heavy (non-hydrogen) atoms. The van der Waals surface area contributed by atoms with Crippen LogP contribution in [0.15, 0.2) is 40.9 Å². The van der Waals surface area contributed by atoms with E-state index in [2.05, 4.69) is 20.8 Å². The first kappa shape index (κ1) is 16.6. The molecule has 2 nitrogen and oxygen atoms in total. The van der Waals surface area contributed by atoms with Crippen LogP contribution in [0.1, 0.15) is 18.1 Å². The second-order valence-electron chi connectivity index (χ2n) is 5.45. The summed E-state index contributed by atoms with van der Waals surface area (Å²) >= 11 is 15.7. The lowest BCUT2D eigenvalue weighted by molar-refractivity contribution is 0.599. The van der Waals surface area contributed by atoms with E-state index in [0.717, 1.165) is 15.7 Å². The van der Waals surface area contributed by atoms with Crippen molar-refractivity contribution in [3.63, 3.8) is 0 Å². The zero-order chi connectivity index (χ0) is 16.7. The molecule has 120 valence electrons. The van der Waals surface area contributed by atoms with Crippen LogP contribution in [0.5, 0.6) is 0 Å². The number of para-hydroxylation sites is 1. The highest BCUT2D eigenvalue weighted by molar-refractivity contribution is 9.10. The van der Waals surface area contributed by atoms with Gasteiger partial charge in [-0.25, -0.2) is 4.39 Å². The number of fused-ring (bicyclic) bond motifs is 1. The molecule has 2 aromatic carbocycles. The predicted octanol–water partition coefficient (Wildman–Crippen LogP) is 5.60. The normalized spacial score (nSPS) is 17.0. The highest BCUT2D eigenvalue weighted by Gasteiger charge is 2.26. The van der Waals surface area contributed by atoms with Gasteiger partial charge in [0.05, 0.1) is 10.7 Å². The lowest BCUT2D eigenvalue weighted by atomic mass is 9.99. The van der Waals surface area contributed by atoms with Crippen LogP contribution < -0.4 is 10.6 Å². The summed E-state index contributed by atoms with van der Waals surface area (Å²) in [5, 5.41) is 0.423. The van der Waals surface area contributed by atoms with Crippen molar-refractivity contribution < 1.29 is 4.39 Å². The van der Waals surface area contributed by atoms with Crippen LogP contribution in [-0.2, 0) is 6.54 Å². The van der Waals surface area contributed by atoms with Crippen LogP contribution in [0.3, 0.4) is 0 Å². The Morgan fingerprint density at radius 1 is 1.22 bits per heavy atom. The molecular weight excluding hydrogens is 402 g/mol. The number of hydrogen-bond acceptors (Lipinski definition) is 2. The highest BCUT2D eigenvalue weighted by atomic mass is 79.9. The van der Waals surface area contributed by atoms with Gasteiger partial charge < -0.3 is 10.6 Å². The Kier molecular flexibility index (Phi) is 4.59. The molecule has 1 aliphatic rings. The molecule has 3 rings (SSSR count). The summed E-state index contributed by atoms with van der Waals surface area (Å²) in [5.74, 6) is -0.484. The zero-order valence-corrected chi connectivity index (χ0v) is 15.4. The van der Waals surface area contributed by atoms with Crippen molar-refractivity contribution in [1.29, 1.82) is 0 Å². The molecule has 1 unspecified atom stereocenters. The van der Waals surface area contributed by atoms with Crippen molar-refractivity contribution in [3.05, 3.63) is 67.9 Å². The van der Waals surface area contributed by atoms with Gasteiger partial charge in [-0.2, -0.15) is 0 Å². The number of anilines is 1. The van der Waals surface area contributed by atoms with E-state index in [0.29, 0.717) is 22.8 Å². The summed E-state index contributed by atoms with van der Waals surface area (Å²) in [6.07, 6.45) is 1.95. The number of hydrogen-bond donors (Lipinski definition) is 1. The summed E-state index contributed by atoms with van der Waals surface area (Å²) in [6.45, 7) is 2.30. The molecule has 0 aliphatic carbocycles. The van der Waals surface area contributed by atoms with Crippen molar-refractivity contribution in [3.8, 4) is 0 Å². The molecule has 1 heterocycles. The average Bonchev–Trinajstić information content (AvgIpc) is 2.51. The molecular formula is C17H14BrCl2FN2. The van der Waals surface area contributed by atoms with Crippen LogP contribution in [-0.4, -0.2) is 6.04 Å². The molecule has 6 heteroatoms.